The number of anilines is 2. The number of nitrogens with one attached hydrogen (secondary N) is 1. The summed E-state index contributed by atoms with van der Waals surface area (Å²) in [6.07, 6.45) is 3.23. The van der Waals surface area contributed by atoms with Crippen LogP contribution in [0.1, 0.15) is 19.8 Å². The molecule has 1 aromatic heterocycles. The summed E-state index contributed by atoms with van der Waals surface area (Å²) >= 11 is 3.26. The molecule has 1 N–H and O–H groups in total. The smallest absolute Gasteiger partial charge is 0.165 e. The second-order valence-electron chi connectivity index (χ2n) is 6.82. The highest BCUT2D eigenvalue weighted by Crippen LogP contribution is 2.36. The first-order valence-corrected chi connectivity index (χ1v) is 10.1. The molecule has 8 heteroatoms. The van der Waals surface area contributed by atoms with Gasteiger partial charge in [0, 0.05) is 15.9 Å². The number of methoxy groups -OCH3 is 1. The van der Waals surface area contributed by atoms with Crippen LogP contribution in [-0.4, -0.2) is 42.3 Å². The number of ether oxygens (including phenoxy) is 2. The predicted molar refractivity (Wildman–Crippen MR) is 116 cm³/mol. The molecule has 29 heavy (non-hydrogen) atoms. The van der Waals surface area contributed by atoms with Crippen LogP contribution < -0.4 is 14.8 Å². The summed E-state index contributed by atoms with van der Waals surface area (Å²) in [5, 5.41) is 3.75. The Balaban J connectivity index is 2.00. The molecule has 2 aromatic carbocycles. The van der Waals surface area contributed by atoms with Gasteiger partial charge < -0.3 is 14.8 Å². The molecule has 1 heterocycles. The van der Waals surface area contributed by atoms with Crippen molar-refractivity contribution in [1.82, 2.24) is 14.9 Å². The molecule has 3 aromatic rings. The Hall–Kier alpha value is -2.45. The van der Waals surface area contributed by atoms with Gasteiger partial charge in [0.1, 0.15) is 18.0 Å². The van der Waals surface area contributed by atoms with Crippen molar-refractivity contribution in [3.8, 4) is 11.5 Å². The van der Waals surface area contributed by atoms with Crippen molar-refractivity contribution in [2.75, 3.05) is 26.5 Å². The molecule has 0 amide bonds. The highest BCUT2D eigenvalue weighted by molar-refractivity contribution is 9.10. The minimum Gasteiger partial charge on any atom is -0.493 e. The van der Waals surface area contributed by atoms with Crippen molar-refractivity contribution in [2.45, 2.75) is 26.0 Å². The Morgan fingerprint density at radius 2 is 1.97 bits per heavy atom. The van der Waals surface area contributed by atoms with E-state index in [1.54, 1.807) is 19.2 Å². The molecule has 1 unspecified atom stereocenters. The van der Waals surface area contributed by atoms with Crippen LogP contribution in [0.5, 0.6) is 11.5 Å². The monoisotopic (exact) mass is 462 g/mol. The van der Waals surface area contributed by atoms with Crippen LogP contribution in [0.4, 0.5) is 15.9 Å². The van der Waals surface area contributed by atoms with Crippen LogP contribution in [0, 0.1) is 5.82 Å². The van der Waals surface area contributed by atoms with Gasteiger partial charge in [0.25, 0.3) is 0 Å². The van der Waals surface area contributed by atoms with Crippen LogP contribution in [0.2, 0.25) is 0 Å². The summed E-state index contributed by atoms with van der Waals surface area (Å²) in [6, 6.07) is 8.44. The van der Waals surface area contributed by atoms with Crippen LogP contribution >= 0.6 is 15.9 Å². The number of hydrogen-bond donors (Lipinski definition) is 1. The predicted octanol–water partition coefficient (Wildman–Crippen LogP) is 5.35. The van der Waals surface area contributed by atoms with Crippen molar-refractivity contribution in [1.29, 1.82) is 0 Å². The third-order valence-corrected chi connectivity index (χ3v) is 4.97. The van der Waals surface area contributed by atoms with Crippen molar-refractivity contribution < 1.29 is 13.9 Å². The van der Waals surface area contributed by atoms with Crippen LogP contribution in [-0.2, 0) is 0 Å². The summed E-state index contributed by atoms with van der Waals surface area (Å²) in [5.74, 6) is 1.27. The normalized spacial score (nSPS) is 12.2. The van der Waals surface area contributed by atoms with Crippen LogP contribution in [0.3, 0.4) is 0 Å². The Kier molecular flexibility index (Phi) is 6.87. The fourth-order valence-electron chi connectivity index (χ4n) is 2.95. The van der Waals surface area contributed by atoms with Gasteiger partial charge in [-0.3, -0.25) is 4.90 Å². The van der Waals surface area contributed by atoms with E-state index < -0.39 is 0 Å². The number of benzene rings is 2. The third-order valence-electron chi connectivity index (χ3n) is 4.48. The SMILES string of the molecule is CCCC(Oc1cc2ncnc(Nc3ccc(Br)cc3F)c2cc1OC)N(C)C. The summed E-state index contributed by atoms with van der Waals surface area (Å²) in [7, 11) is 5.54. The largest absolute Gasteiger partial charge is 0.493 e. The van der Waals surface area contributed by atoms with Gasteiger partial charge in [0.05, 0.1) is 18.3 Å². The molecule has 0 saturated carbocycles. The second-order valence-corrected chi connectivity index (χ2v) is 7.73. The molecule has 6 nitrogen and oxygen atoms in total. The van der Waals surface area contributed by atoms with Gasteiger partial charge in [-0.05, 0) is 44.8 Å². The molecule has 0 radical (unpaired) electrons. The average Bonchev–Trinajstić information content (AvgIpc) is 2.69. The van der Waals surface area contributed by atoms with E-state index in [-0.39, 0.29) is 12.0 Å². The Labute approximate surface area is 178 Å². The number of fused-ring (bicyclic) bond motifs is 1. The van der Waals surface area contributed by atoms with E-state index in [4.69, 9.17) is 9.47 Å². The van der Waals surface area contributed by atoms with Crippen LogP contribution in [0.15, 0.2) is 41.1 Å². The highest BCUT2D eigenvalue weighted by Gasteiger charge is 2.18. The summed E-state index contributed by atoms with van der Waals surface area (Å²) < 4.78 is 26.7. The van der Waals surface area contributed by atoms with Crippen molar-refractivity contribution in [3.05, 3.63) is 46.9 Å². The Morgan fingerprint density at radius 3 is 2.62 bits per heavy atom. The molecule has 0 spiro atoms. The lowest BCUT2D eigenvalue weighted by Crippen LogP contribution is -2.33. The zero-order chi connectivity index (χ0) is 21.0. The lowest BCUT2D eigenvalue weighted by Gasteiger charge is -2.26. The van der Waals surface area contributed by atoms with Crippen molar-refractivity contribution in [3.63, 3.8) is 0 Å². The molecule has 0 aliphatic rings. The highest BCUT2D eigenvalue weighted by atomic mass is 79.9. The van der Waals surface area contributed by atoms with E-state index >= 15 is 0 Å². The molecule has 0 aliphatic heterocycles. The van der Waals surface area contributed by atoms with E-state index in [1.807, 2.05) is 31.1 Å². The molecule has 0 saturated heterocycles. The van der Waals surface area contributed by atoms with Gasteiger partial charge in [0.15, 0.2) is 17.7 Å². The lowest BCUT2D eigenvalue weighted by atomic mass is 10.2. The number of rotatable bonds is 8. The third kappa shape index (κ3) is 4.94. The maximum atomic E-state index is 14.3. The Bertz CT molecular complexity index is 1000. The van der Waals surface area contributed by atoms with Crippen molar-refractivity contribution >= 4 is 38.3 Å². The summed E-state index contributed by atoms with van der Waals surface area (Å²) in [5.41, 5.74) is 0.993. The zero-order valence-electron chi connectivity index (χ0n) is 16.9. The zero-order valence-corrected chi connectivity index (χ0v) is 18.5. The number of nitrogens with zero attached hydrogens (tertiary/aromatic N) is 3. The number of aromatic nitrogens is 2. The quantitative estimate of drug-likeness (QED) is 0.455. The minimum atomic E-state index is -0.383. The average molecular weight is 463 g/mol. The maximum absolute atomic E-state index is 14.3. The van der Waals surface area contributed by atoms with E-state index in [2.05, 4.69) is 38.1 Å². The van der Waals surface area contributed by atoms with E-state index in [0.717, 1.165) is 12.8 Å². The molecule has 1 atom stereocenters. The molecular weight excluding hydrogens is 439 g/mol. The second kappa shape index (κ2) is 9.37. The molecule has 0 aliphatic carbocycles. The molecule has 0 fully saturated rings. The fourth-order valence-corrected chi connectivity index (χ4v) is 3.28. The van der Waals surface area contributed by atoms with E-state index in [0.29, 0.717) is 38.4 Å². The van der Waals surface area contributed by atoms with Crippen molar-refractivity contribution in [2.24, 2.45) is 0 Å². The first-order valence-electron chi connectivity index (χ1n) is 9.30. The van der Waals surface area contributed by atoms with Gasteiger partial charge >= 0.3 is 0 Å². The molecule has 3 rings (SSSR count). The van der Waals surface area contributed by atoms with Gasteiger partial charge in [-0.2, -0.15) is 0 Å². The maximum Gasteiger partial charge on any atom is 0.165 e. The topological polar surface area (TPSA) is 59.5 Å². The van der Waals surface area contributed by atoms with Crippen LogP contribution in [0.25, 0.3) is 10.9 Å². The van der Waals surface area contributed by atoms with Gasteiger partial charge in [0.2, 0.25) is 0 Å². The van der Waals surface area contributed by atoms with E-state index in [1.165, 1.54) is 12.4 Å². The Morgan fingerprint density at radius 1 is 1.17 bits per heavy atom. The van der Waals surface area contributed by atoms with Gasteiger partial charge in [-0.1, -0.05) is 29.3 Å². The minimum absolute atomic E-state index is 0.0809. The van der Waals surface area contributed by atoms with Gasteiger partial charge in [-0.25, -0.2) is 14.4 Å². The molecular formula is C21H24BrFN4O2. The lowest BCUT2D eigenvalue weighted by molar-refractivity contribution is 0.0538. The molecule has 154 valence electrons. The first kappa shape index (κ1) is 21.3. The number of hydrogen-bond acceptors (Lipinski definition) is 6. The van der Waals surface area contributed by atoms with Gasteiger partial charge in [-0.15, -0.1) is 0 Å². The molecule has 0 bridgehead atoms. The standard InChI is InChI=1S/C21H24BrFN4O2/c1-5-6-20(27(2)3)29-19-11-17-14(10-18(19)28-4)21(25-12-24-17)26-16-8-7-13(22)9-15(16)23/h7-12,20H,5-6H2,1-4H3,(H,24,25,26). The first-order chi connectivity index (χ1) is 13.9. The number of halogens is 2. The summed E-state index contributed by atoms with van der Waals surface area (Å²) in [4.78, 5) is 10.7. The van der Waals surface area contributed by atoms with E-state index in [9.17, 15) is 4.39 Å². The fraction of sp³-hybridized carbons (Fsp3) is 0.333. The summed E-state index contributed by atoms with van der Waals surface area (Å²) in [6.45, 7) is 2.11.